The number of aryl methyl sites for hydroxylation is 1. The van der Waals surface area contributed by atoms with E-state index in [4.69, 9.17) is 12.2 Å². The molecule has 1 saturated heterocycles. The third-order valence-corrected chi connectivity index (χ3v) is 5.40. The minimum Gasteiger partial charge on any atom is -0.351 e. The highest BCUT2D eigenvalue weighted by molar-refractivity contribution is 7.80. The average molecular weight is 377 g/mol. The molecule has 4 rings (SSSR count). The van der Waals surface area contributed by atoms with Crippen LogP contribution in [-0.2, 0) is 0 Å². The summed E-state index contributed by atoms with van der Waals surface area (Å²) in [4.78, 5) is 6.82. The molecule has 0 unspecified atom stereocenters. The highest BCUT2D eigenvalue weighted by Gasteiger charge is 2.41. The number of aromatic nitrogens is 2. The molecule has 5 heteroatoms. The summed E-state index contributed by atoms with van der Waals surface area (Å²) < 4.78 is 2.24. The van der Waals surface area contributed by atoms with Crippen molar-refractivity contribution in [1.82, 2.24) is 14.9 Å². The van der Waals surface area contributed by atoms with Crippen molar-refractivity contribution < 1.29 is 0 Å². The lowest BCUT2D eigenvalue weighted by molar-refractivity contribution is 0.560. The van der Waals surface area contributed by atoms with Crippen molar-refractivity contribution >= 4 is 23.0 Å². The van der Waals surface area contributed by atoms with Crippen LogP contribution in [0.1, 0.15) is 48.8 Å². The summed E-state index contributed by atoms with van der Waals surface area (Å²) in [6.45, 7) is 6.48. The number of nitrogens with one attached hydrogen (secondary N) is 1. The number of anilines is 1. The molecule has 4 nitrogen and oxygen atoms in total. The molecule has 0 bridgehead atoms. The Balaban J connectivity index is 1.81. The monoisotopic (exact) mass is 376 g/mol. The molecule has 0 aliphatic carbocycles. The zero-order valence-corrected chi connectivity index (χ0v) is 16.6. The fourth-order valence-electron chi connectivity index (χ4n) is 3.60. The van der Waals surface area contributed by atoms with E-state index < -0.39 is 0 Å². The molecule has 0 saturated carbocycles. The molecule has 3 heterocycles. The molecular formula is C22H24N4S. The van der Waals surface area contributed by atoms with E-state index in [1.54, 1.807) is 0 Å². The Labute approximate surface area is 165 Å². The third kappa shape index (κ3) is 3.35. The van der Waals surface area contributed by atoms with Gasteiger partial charge in [-0.05, 0) is 68.9 Å². The minimum atomic E-state index is 0.00279. The lowest BCUT2D eigenvalue weighted by Crippen LogP contribution is -2.29. The Hall–Kier alpha value is -2.66. The summed E-state index contributed by atoms with van der Waals surface area (Å²) in [5.41, 5.74) is 4.56. The van der Waals surface area contributed by atoms with E-state index in [0.717, 1.165) is 16.5 Å². The standard InChI is InChI=1S/C22H24N4S/c1-15(2)25-13-11-17(14-25)21-20(19-6-4-5-12-23-19)24-22(27)26(21)18-9-7-16(3)8-10-18/h4-15,20-21H,1-3H3,(H,24,27)/t20-,21-/m0/s1. The second-order valence-corrected chi connectivity index (χ2v) is 7.70. The molecular weight excluding hydrogens is 352 g/mol. The summed E-state index contributed by atoms with van der Waals surface area (Å²) >= 11 is 5.75. The van der Waals surface area contributed by atoms with Crippen LogP contribution in [-0.4, -0.2) is 14.7 Å². The minimum absolute atomic E-state index is 0.00279. The van der Waals surface area contributed by atoms with Gasteiger partial charge >= 0.3 is 0 Å². The maximum atomic E-state index is 5.75. The van der Waals surface area contributed by atoms with Gasteiger partial charge in [0, 0.05) is 30.3 Å². The van der Waals surface area contributed by atoms with Crippen molar-refractivity contribution in [3.63, 3.8) is 0 Å². The van der Waals surface area contributed by atoms with Crippen LogP contribution in [0.25, 0.3) is 0 Å². The Morgan fingerprint density at radius 2 is 1.85 bits per heavy atom. The maximum Gasteiger partial charge on any atom is 0.174 e. The highest BCUT2D eigenvalue weighted by Crippen LogP contribution is 2.41. The number of rotatable bonds is 4. The molecule has 0 amide bonds. The van der Waals surface area contributed by atoms with Crippen molar-refractivity contribution in [3.05, 3.63) is 83.9 Å². The molecule has 0 radical (unpaired) electrons. The molecule has 1 fully saturated rings. The topological polar surface area (TPSA) is 33.1 Å². The molecule has 0 spiro atoms. The zero-order chi connectivity index (χ0) is 19.0. The van der Waals surface area contributed by atoms with Gasteiger partial charge in [0.2, 0.25) is 0 Å². The van der Waals surface area contributed by atoms with E-state index in [2.05, 4.69) is 89.3 Å². The van der Waals surface area contributed by atoms with Crippen LogP contribution in [0.3, 0.4) is 0 Å². The highest BCUT2D eigenvalue weighted by atomic mass is 32.1. The Bertz CT molecular complexity index is 930. The van der Waals surface area contributed by atoms with Gasteiger partial charge in [0.1, 0.15) is 0 Å². The van der Waals surface area contributed by atoms with Gasteiger partial charge in [0.15, 0.2) is 5.11 Å². The molecule has 27 heavy (non-hydrogen) atoms. The molecule has 1 aliphatic rings. The summed E-state index contributed by atoms with van der Waals surface area (Å²) in [5, 5.41) is 4.24. The summed E-state index contributed by atoms with van der Waals surface area (Å²) in [6, 6.07) is 17.2. The van der Waals surface area contributed by atoms with Crippen LogP contribution < -0.4 is 10.2 Å². The van der Waals surface area contributed by atoms with E-state index in [1.165, 1.54) is 11.1 Å². The fourth-order valence-corrected chi connectivity index (χ4v) is 3.95. The van der Waals surface area contributed by atoms with Gasteiger partial charge in [-0.15, -0.1) is 0 Å². The van der Waals surface area contributed by atoms with Gasteiger partial charge in [0.05, 0.1) is 17.8 Å². The van der Waals surface area contributed by atoms with Crippen molar-refractivity contribution in [2.45, 2.75) is 38.9 Å². The molecule has 138 valence electrons. The fraction of sp³-hybridized carbons (Fsp3) is 0.273. The Morgan fingerprint density at radius 3 is 2.48 bits per heavy atom. The molecule has 2 atom stereocenters. The zero-order valence-electron chi connectivity index (χ0n) is 15.8. The molecule has 1 aromatic carbocycles. The average Bonchev–Trinajstić information content (AvgIpc) is 3.28. The van der Waals surface area contributed by atoms with E-state index in [-0.39, 0.29) is 12.1 Å². The van der Waals surface area contributed by atoms with Crippen molar-refractivity contribution in [2.75, 3.05) is 4.90 Å². The second-order valence-electron chi connectivity index (χ2n) is 7.32. The van der Waals surface area contributed by atoms with Crippen LogP contribution in [0.5, 0.6) is 0 Å². The Morgan fingerprint density at radius 1 is 1.07 bits per heavy atom. The number of benzene rings is 1. The van der Waals surface area contributed by atoms with Crippen LogP contribution in [0, 0.1) is 6.92 Å². The molecule has 3 aromatic rings. The van der Waals surface area contributed by atoms with Crippen LogP contribution in [0.2, 0.25) is 0 Å². The third-order valence-electron chi connectivity index (χ3n) is 5.09. The first-order valence-electron chi connectivity index (χ1n) is 9.29. The van der Waals surface area contributed by atoms with Gasteiger partial charge in [0.25, 0.3) is 0 Å². The first kappa shape index (κ1) is 17.7. The lowest BCUT2D eigenvalue weighted by atomic mass is 9.98. The number of hydrogen-bond acceptors (Lipinski definition) is 2. The predicted molar refractivity (Wildman–Crippen MR) is 114 cm³/mol. The van der Waals surface area contributed by atoms with Gasteiger partial charge < -0.3 is 14.8 Å². The lowest BCUT2D eigenvalue weighted by Gasteiger charge is -2.27. The quantitative estimate of drug-likeness (QED) is 0.653. The predicted octanol–water partition coefficient (Wildman–Crippen LogP) is 4.95. The Kier molecular flexibility index (Phi) is 4.70. The second kappa shape index (κ2) is 7.16. The van der Waals surface area contributed by atoms with Crippen molar-refractivity contribution in [2.24, 2.45) is 0 Å². The maximum absolute atomic E-state index is 5.75. The smallest absolute Gasteiger partial charge is 0.174 e. The first-order chi connectivity index (χ1) is 13.0. The molecule has 2 aromatic heterocycles. The van der Waals surface area contributed by atoms with E-state index in [1.807, 2.05) is 18.3 Å². The normalized spacial score (nSPS) is 19.6. The first-order valence-corrected chi connectivity index (χ1v) is 9.70. The SMILES string of the molecule is Cc1ccc(N2C(=S)N[C@@H](c3ccccn3)[C@@H]2c2ccn(C(C)C)c2)cc1. The largest absolute Gasteiger partial charge is 0.351 e. The molecule has 1 aliphatic heterocycles. The summed E-state index contributed by atoms with van der Waals surface area (Å²) in [5.74, 6) is 0. The number of pyridine rings is 1. The number of thiocarbonyl (C=S) groups is 1. The van der Waals surface area contributed by atoms with E-state index >= 15 is 0 Å². The molecule has 1 N–H and O–H groups in total. The van der Waals surface area contributed by atoms with E-state index in [0.29, 0.717) is 6.04 Å². The number of nitrogens with zero attached hydrogens (tertiary/aromatic N) is 3. The van der Waals surface area contributed by atoms with Gasteiger partial charge in [-0.3, -0.25) is 4.98 Å². The van der Waals surface area contributed by atoms with Crippen LogP contribution in [0.15, 0.2) is 67.1 Å². The van der Waals surface area contributed by atoms with Gasteiger partial charge in [-0.25, -0.2) is 0 Å². The summed E-state index contributed by atoms with van der Waals surface area (Å²) in [7, 11) is 0. The van der Waals surface area contributed by atoms with Crippen molar-refractivity contribution in [3.8, 4) is 0 Å². The van der Waals surface area contributed by atoms with Crippen LogP contribution >= 0.6 is 12.2 Å². The van der Waals surface area contributed by atoms with Crippen molar-refractivity contribution in [1.29, 1.82) is 0 Å². The number of hydrogen-bond donors (Lipinski definition) is 1. The van der Waals surface area contributed by atoms with Gasteiger partial charge in [-0.1, -0.05) is 23.8 Å². The summed E-state index contributed by atoms with van der Waals surface area (Å²) in [6.07, 6.45) is 6.21. The van der Waals surface area contributed by atoms with E-state index in [9.17, 15) is 0 Å². The van der Waals surface area contributed by atoms with Crippen LogP contribution in [0.4, 0.5) is 5.69 Å². The van der Waals surface area contributed by atoms with Gasteiger partial charge in [-0.2, -0.15) is 0 Å².